The van der Waals surface area contributed by atoms with Gasteiger partial charge in [-0.2, -0.15) is 0 Å². The zero-order valence-electron chi connectivity index (χ0n) is 17.1. The molecule has 0 unspecified atom stereocenters. The Morgan fingerprint density at radius 2 is 1.80 bits per heavy atom. The number of nitrogens with one attached hydrogen (secondary N) is 2. The number of amides is 3. The molecule has 8 heteroatoms. The van der Waals surface area contributed by atoms with Gasteiger partial charge >= 0.3 is 6.03 Å². The van der Waals surface area contributed by atoms with Crippen LogP contribution in [0.2, 0.25) is 0 Å². The fourth-order valence-electron chi connectivity index (χ4n) is 3.60. The summed E-state index contributed by atoms with van der Waals surface area (Å²) in [5.41, 5.74) is 4.41. The first-order valence-corrected chi connectivity index (χ1v) is 10.3. The molecule has 1 aliphatic heterocycles. The van der Waals surface area contributed by atoms with Crippen LogP contribution >= 0.6 is 0 Å². The van der Waals surface area contributed by atoms with Gasteiger partial charge in [0.05, 0.1) is 12.1 Å². The molecule has 1 saturated heterocycles. The van der Waals surface area contributed by atoms with Gasteiger partial charge < -0.3 is 15.5 Å². The maximum atomic E-state index is 12.5. The Morgan fingerprint density at radius 3 is 2.57 bits per heavy atom. The number of aromatic nitrogens is 3. The molecular formula is C22H26N6O2. The molecule has 156 valence electrons. The van der Waals surface area contributed by atoms with Gasteiger partial charge in [0.15, 0.2) is 0 Å². The van der Waals surface area contributed by atoms with E-state index >= 15 is 0 Å². The Kier molecular flexibility index (Phi) is 5.92. The highest BCUT2D eigenvalue weighted by Gasteiger charge is 2.20. The van der Waals surface area contributed by atoms with Crippen LogP contribution in [0.5, 0.6) is 0 Å². The summed E-state index contributed by atoms with van der Waals surface area (Å²) in [5.74, 6) is 0.0517. The molecule has 3 amide bonds. The second-order valence-electron chi connectivity index (χ2n) is 7.61. The van der Waals surface area contributed by atoms with Crippen molar-refractivity contribution in [1.29, 1.82) is 0 Å². The fraction of sp³-hybridized carbons (Fsp3) is 0.364. The molecule has 1 aromatic heterocycles. The third kappa shape index (κ3) is 4.59. The molecule has 0 atom stereocenters. The number of carbonyl (C=O) groups excluding carboxylic acids is 2. The Morgan fingerprint density at radius 1 is 1.03 bits per heavy atom. The summed E-state index contributed by atoms with van der Waals surface area (Å²) in [6, 6.07) is 13.3. The molecule has 0 spiro atoms. The number of hydrogen-bond acceptors (Lipinski definition) is 4. The molecule has 0 aliphatic carbocycles. The predicted octanol–water partition coefficient (Wildman–Crippen LogP) is 2.48. The van der Waals surface area contributed by atoms with E-state index in [1.807, 2.05) is 48.2 Å². The van der Waals surface area contributed by atoms with Crippen molar-refractivity contribution in [2.75, 3.05) is 19.6 Å². The lowest BCUT2D eigenvalue weighted by Gasteiger charge is -2.14. The van der Waals surface area contributed by atoms with Crippen molar-refractivity contribution in [3.63, 3.8) is 0 Å². The van der Waals surface area contributed by atoms with Gasteiger partial charge in [-0.05, 0) is 43.5 Å². The minimum atomic E-state index is -0.224. The molecule has 0 saturated carbocycles. The van der Waals surface area contributed by atoms with Crippen LogP contribution in [0.3, 0.4) is 0 Å². The molecular weight excluding hydrogens is 380 g/mol. The Labute approximate surface area is 175 Å². The topological polar surface area (TPSA) is 92.1 Å². The average Bonchev–Trinajstić information content (AvgIpc) is 3.43. The van der Waals surface area contributed by atoms with E-state index in [4.69, 9.17) is 0 Å². The van der Waals surface area contributed by atoms with Crippen LogP contribution in [0.25, 0.3) is 11.0 Å². The van der Waals surface area contributed by atoms with Crippen molar-refractivity contribution in [2.45, 2.75) is 32.9 Å². The van der Waals surface area contributed by atoms with Gasteiger partial charge in [0, 0.05) is 31.7 Å². The number of benzene rings is 2. The normalized spacial score (nSPS) is 13.6. The van der Waals surface area contributed by atoms with E-state index in [0.717, 1.165) is 37.0 Å². The summed E-state index contributed by atoms with van der Waals surface area (Å²) in [5, 5.41) is 14.0. The fourth-order valence-corrected chi connectivity index (χ4v) is 3.60. The molecule has 1 fully saturated rings. The van der Waals surface area contributed by atoms with Crippen molar-refractivity contribution >= 4 is 23.0 Å². The SMILES string of the molecule is Cc1ccc(CNC(=O)NCCn2nnc3cc(C(=O)N4CCCC4)ccc32)cc1. The van der Waals surface area contributed by atoms with Crippen LogP contribution in [-0.4, -0.2) is 51.5 Å². The number of urea groups is 1. The zero-order chi connectivity index (χ0) is 20.9. The Hall–Kier alpha value is -3.42. The van der Waals surface area contributed by atoms with E-state index in [1.165, 1.54) is 5.56 Å². The van der Waals surface area contributed by atoms with Crippen molar-refractivity contribution in [1.82, 2.24) is 30.5 Å². The van der Waals surface area contributed by atoms with Crippen LogP contribution in [0, 0.1) is 6.92 Å². The summed E-state index contributed by atoms with van der Waals surface area (Å²) < 4.78 is 1.74. The van der Waals surface area contributed by atoms with Gasteiger partial charge in [-0.25, -0.2) is 9.48 Å². The summed E-state index contributed by atoms with van der Waals surface area (Å²) >= 11 is 0. The van der Waals surface area contributed by atoms with Gasteiger partial charge in [-0.3, -0.25) is 4.79 Å². The summed E-state index contributed by atoms with van der Waals surface area (Å²) in [4.78, 5) is 26.4. The quantitative estimate of drug-likeness (QED) is 0.658. The second-order valence-corrected chi connectivity index (χ2v) is 7.61. The van der Waals surface area contributed by atoms with Crippen LogP contribution in [-0.2, 0) is 13.1 Å². The number of nitrogens with zero attached hydrogens (tertiary/aromatic N) is 4. The van der Waals surface area contributed by atoms with E-state index in [1.54, 1.807) is 10.7 Å². The molecule has 2 heterocycles. The first-order chi connectivity index (χ1) is 14.6. The third-order valence-corrected chi connectivity index (χ3v) is 5.34. The summed E-state index contributed by atoms with van der Waals surface area (Å²) in [7, 11) is 0. The molecule has 1 aliphatic rings. The lowest BCUT2D eigenvalue weighted by molar-refractivity contribution is 0.0793. The van der Waals surface area contributed by atoms with Gasteiger partial charge in [0.2, 0.25) is 0 Å². The number of carbonyl (C=O) groups is 2. The van der Waals surface area contributed by atoms with Crippen molar-refractivity contribution < 1.29 is 9.59 Å². The van der Waals surface area contributed by atoms with Crippen molar-refractivity contribution in [3.05, 3.63) is 59.2 Å². The van der Waals surface area contributed by atoms with Crippen molar-refractivity contribution in [3.8, 4) is 0 Å². The van der Waals surface area contributed by atoms with Crippen molar-refractivity contribution in [2.24, 2.45) is 0 Å². The van der Waals surface area contributed by atoms with Crippen LogP contribution in [0.1, 0.15) is 34.3 Å². The minimum Gasteiger partial charge on any atom is -0.339 e. The number of fused-ring (bicyclic) bond motifs is 1. The lowest BCUT2D eigenvalue weighted by atomic mass is 10.1. The second kappa shape index (κ2) is 8.94. The Balaban J connectivity index is 1.29. The third-order valence-electron chi connectivity index (χ3n) is 5.34. The highest BCUT2D eigenvalue weighted by Crippen LogP contribution is 2.17. The van der Waals surface area contributed by atoms with E-state index in [0.29, 0.717) is 30.7 Å². The smallest absolute Gasteiger partial charge is 0.315 e. The summed E-state index contributed by atoms with van der Waals surface area (Å²) in [6.45, 7) is 5.07. The molecule has 0 radical (unpaired) electrons. The van der Waals surface area contributed by atoms with E-state index in [2.05, 4.69) is 20.9 Å². The molecule has 2 N–H and O–H groups in total. The number of hydrogen-bond donors (Lipinski definition) is 2. The van der Waals surface area contributed by atoms with E-state index < -0.39 is 0 Å². The zero-order valence-corrected chi connectivity index (χ0v) is 17.1. The Bertz CT molecular complexity index is 1040. The maximum Gasteiger partial charge on any atom is 0.315 e. The van der Waals surface area contributed by atoms with Gasteiger partial charge in [0.1, 0.15) is 5.52 Å². The molecule has 30 heavy (non-hydrogen) atoms. The molecule has 4 rings (SSSR count). The van der Waals surface area contributed by atoms with E-state index in [9.17, 15) is 9.59 Å². The van der Waals surface area contributed by atoms with E-state index in [-0.39, 0.29) is 11.9 Å². The largest absolute Gasteiger partial charge is 0.339 e. The minimum absolute atomic E-state index is 0.0517. The molecule has 2 aromatic carbocycles. The molecule has 0 bridgehead atoms. The van der Waals surface area contributed by atoms with Crippen LogP contribution in [0.4, 0.5) is 4.79 Å². The number of rotatable bonds is 6. The number of likely N-dealkylation sites (tertiary alicyclic amines) is 1. The predicted molar refractivity (Wildman–Crippen MR) is 114 cm³/mol. The molecule has 8 nitrogen and oxygen atoms in total. The van der Waals surface area contributed by atoms with Crippen LogP contribution < -0.4 is 10.6 Å². The summed E-state index contributed by atoms with van der Waals surface area (Å²) in [6.07, 6.45) is 2.13. The monoisotopic (exact) mass is 406 g/mol. The average molecular weight is 406 g/mol. The van der Waals surface area contributed by atoms with Gasteiger partial charge in [-0.15, -0.1) is 5.10 Å². The highest BCUT2D eigenvalue weighted by atomic mass is 16.2. The lowest BCUT2D eigenvalue weighted by Crippen LogP contribution is -2.36. The van der Waals surface area contributed by atoms with Crippen LogP contribution in [0.15, 0.2) is 42.5 Å². The maximum absolute atomic E-state index is 12.5. The first-order valence-electron chi connectivity index (χ1n) is 10.3. The standard InChI is InChI=1S/C22H26N6O2/c1-16-4-6-17(7-5-16)15-24-22(30)23-10-13-28-20-9-8-18(14-19(20)25-26-28)21(29)27-11-2-3-12-27/h4-9,14H,2-3,10-13,15H2,1H3,(H2,23,24,30). The molecule has 3 aromatic rings. The van der Waals surface area contributed by atoms with Gasteiger partial charge in [0.25, 0.3) is 5.91 Å². The number of aryl methyl sites for hydroxylation is 1. The first kappa shape index (κ1) is 19.9. The highest BCUT2D eigenvalue weighted by molar-refractivity contribution is 5.97. The van der Waals surface area contributed by atoms with Gasteiger partial charge in [-0.1, -0.05) is 35.0 Å².